The lowest BCUT2D eigenvalue weighted by Crippen LogP contribution is -2.40. The summed E-state index contributed by atoms with van der Waals surface area (Å²) in [6, 6.07) is 7.72. The molecule has 1 fully saturated rings. The molecule has 20 heavy (non-hydrogen) atoms. The highest BCUT2D eigenvalue weighted by atomic mass is 16.5. The molecule has 106 valence electrons. The molecule has 0 spiro atoms. The number of aromatic amines is 1. The first-order chi connectivity index (χ1) is 9.65. The van der Waals surface area contributed by atoms with Crippen molar-refractivity contribution in [1.29, 1.82) is 0 Å². The molecule has 0 unspecified atom stereocenters. The molecule has 5 nitrogen and oxygen atoms in total. The number of nitrogens with one attached hydrogen (secondary N) is 1. The van der Waals surface area contributed by atoms with E-state index in [1.165, 1.54) is 0 Å². The van der Waals surface area contributed by atoms with E-state index in [9.17, 15) is 4.79 Å². The number of hydrogen-bond acceptors (Lipinski definition) is 3. The third kappa shape index (κ3) is 2.36. The van der Waals surface area contributed by atoms with Crippen LogP contribution in [0.15, 0.2) is 24.3 Å². The van der Waals surface area contributed by atoms with E-state index in [1.54, 1.807) is 0 Å². The summed E-state index contributed by atoms with van der Waals surface area (Å²) in [6.07, 6.45) is 1.80. The van der Waals surface area contributed by atoms with Crippen molar-refractivity contribution in [3.05, 3.63) is 30.0 Å². The Morgan fingerprint density at radius 2 is 2.10 bits per heavy atom. The van der Waals surface area contributed by atoms with Crippen LogP contribution in [0.4, 0.5) is 5.69 Å². The van der Waals surface area contributed by atoms with E-state index >= 15 is 0 Å². The van der Waals surface area contributed by atoms with Crippen LogP contribution >= 0.6 is 0 Å². The van der Waals surface area contributed by atoms with Gasteiger partial charge in [-0.2, -0.15) is 0 Å². The van der Waals surface area contributed by atoms with Crippen molar-refractivity contribution in [2.75, 3.05) is 26.0 Å². The van der Waals surface area contributed by atoms with Crippen LogP contribution < -0.4 is 5.73 Å². The first kappa shape index (κ1) is 13.0. The molecule has 0 aliphatic carbocycles. The van der Waals surface area contributed by atoms with Gasteiger partial charge in [-0.05, 0) is 37.1 Å². The smallest absolute Gasteiger partial charge is 0.270 e. The zero-order valence-corrected chi connectivity index (χ0v) is 11.6. The summed E-state index contributed by atoms with van der Waals surface area (Å²) in [5, 5.41) is 0.966. The fraction of sp³-hybridized carbons (Fsp3) is 0.400. The molecule has 3 rings (SSSR count). The number of benzene rings is 1. The maximum Gasteiger partial charge on any atom is 0.270 e. The van der Waals surface area contributed by atoms with Crippen molar-refractivity contribution >= 4 is 22.5 Å². The van der Waals surface area contributed by atoms with E-state index in [2.05, 4.69) is 4.98 Å². The van der Waals surface area contributed by atoms with Gasteiger partial charge in [-0.3, -0.25) is 4.79 Å². The number of aromatic nitrogens is 1. The quantitative estimate of drug-likeness (QED) is 0.822. The van der Waals surface area contributed by atoms with Gasteiger partial charge in [-0.15, -0.1) is 0 Å². The minimum Gasteiger partial charge on any atom is -0.399 e. The van der Waals surface area contributed by atoms with Gasteiger partial charge in [-0.25, -0.2) is 0 Å². The minimum atomic E-state index is 0.0201. The second-order valence-electron chi connectivity index (χ2n) is 5.29. The van der Waals surface area contributed by atoms with Gasteiger partial charge >= 0.3 is 0 Å². The lowest BCUT2D eigenvalue weighted by molar-refractivity contribution is 0.0359. The highest BCUT2D eigenvalue weighted by Gasteiger charge is 2.24. The predicted octanol–water partition coefficient (Wildman–Crippen LogP) is 2.00. The summed E-state index contributed by atoms with van der Waals surface area (Å²) in [4.78, 5) is 17.5. The third-order valence-corrected chi connectivity index (χ3v) is 3.93. The summed E-state index contributed by atoms with van der Waals surface area (Å²) in [5.74, 6) is 0.0201. The summed E-state index contributed by atoms with van der Waals surface area (Å²) in [6.45, 7) is 1.46. The Kier molecular flexibility index (Phi) is 3.36. The van der Waals surface area contributed by atoms with Crippen LogP contribution in [-0.4, -0.2) is 42.1 Å². The molecule has 1 aromatic carbocycles. The first-order valence-electron chi connectivity index (χ1n) is 6.88. The summed E-state index contributed by atoms with van der Waals surface area (Å²) < 4.78 is 5.34. The Morgan fingerprint density at radius 1 is 1.35 bits per heavy atom. The number of H-pyrrole nitrogens is 1. The Hall–Kier alpha value is -2.01. The number of nitrogen functional groups attached to an aromatic ring is 1. The van der Waals surface area contributed by atoms with Gasteiger partial charge in [-0.1, -0.05) is 0 Å². The molecule has 0 bridgehead atoms. The number of ether oxygens (including phenoxy) is 1. The van der Waals surface area contributed by atoms with Gasteiger partial charge < -0.3 is 20.4 Å². The standard InChI is InChI=1S/C15H19N3O2/c1-18(12-4-6-20-7-5-12)15(19)14-9-10-8-11(16)2-3-13(10)17-14/h2-3,8-9,12,17H,4-7,16H2,1H3. The van der Waals surface area contributed by atoms with Gasteiger partial charge in [0.05, 0.1) is 0 Å². The van der Waals surface area contributed by atoms with Gasteiger partial charge in [0.2, 0.25) is 0 Å². The highest BCUT2D eigenvalue weighted by Crippen LogP contribution is 2.21. The van der Waals surface area contributed by atoms with Crippen LogP contribution in [0.5, 0.6) is 0 Å². The molecule has 1 aliphatic rings. The molecule has 1 saturated heterocycles. The Morgan fingerprint density at radius 3 is 2.85 bits per heavy atom. The molecule has 0 saturated carbocycles. The Balaban J connectivity index is 1.84. The zero-order valence-electron chi connectivity index (χ0n) is 11.6. The summed E-state index contributed by atoms with van der Waals surface area (Å²) in [7, 11) is 1.86. The lowest BCUT2D eigenvalue weighted by atomic mass is 10.1. The number of carbonyl (C=O) groups is 1. The number of fused-ring (bicyclic) bond motifs is 1. The van der Waals surface area contributed by atoms with Crippen LogP contribution in [-0.2, 0) is 4.74 Å². The van der Waals surface area contributed by atoms with E-state index in [0.717, 1.165) is 37.0 Å². The molecule has 0 atom stereocenters. The third-order valence-electron chi connectivity index (χ3n) is 3.93. The van der Waals surface area contributed by atoms with Crippen molar-refractivity contribution in [2.24, 2.45) is 0 Å². The molecule has 1 aromatic heterocycles. The van der Waals surface area contributed by atoms with Crippen molar-refractivity contribution in [3.63, 3.8) is 0 Å². The average molecular weight is 273 g/mol. The maximum atomic E-state index is 12.5. The van der Waals surface area contributed by atoms with E-state index in [-0.39, 0.29) is 11.9 Å². The maximum absolute atomic E-state index is 12.5. The summed E-state index contributed by atoms with van der Waals surface area (Å²) in [5.41, 5.74) is 8.01. The molecule has 5 heteroatoms. The van der Waals surface area contributed by atoms with Crippen LogP contribution in [0.3, 0.4) is 0 Å². The first-order valence-corrected chi connectivity index (χ1v) is 6.88. The average Bonchev–Trinajstić information content (AvgIpc) is 2.89. The Labute approximate surface area is 117 Å². The molecule has 2 heterocycles. The zero-order chi connectivity index (χ0) is 14.1. The molecular weight excluding hydrogens is 254 g/mol. The van der Waals surface area contributed by atoms with E-state index < -0.39 is 0 Å². The highest BCUT2D eigenvalue weighted by molar-refractivity contribution is 5.98. The van der Waals surface area contributed by atoms with E-state index in [4.69, 9.17) is 10.5 Å². The minimum absolute atomic E-state index is 0.0201. The normalized spacial score (nSPS) is 16.4. The van der Waals surface area contributed by atoms with Crippen molar-refractivity contribution in [1.82, 2.24) is 9.88 Å². The van der Waals surface area contributed by atoms with Gasteiger partial charge in [0.25, 0.3) is 5.91 Å². The number of carbonyl (C=O) groups excluding carboxylic acids is 1. The van der Waals surface area contributed by atoms with Crippen LogP contribution in [0.25, 0.3) is 10.9 Å². The van der Waals surface area contributed by atoms with Crippen molar-refractivity contribution in [3.8, 4) is 0 Å². The van der Waals surface area contributed by atoms with Gasteiger partial charge in [0.1, 0.15) is 5.69 Å². The van der Waals surface area contributed by atoms with Crippen molar-refractivity contribution < 1.29 is 9.53 Å². The molecule has 3 N–H and O–H groups in total. The number of hydrogen-bond donors (Lipinski definition) is 2. The lowest BCUT2D eigenvalue weighted by Gasteiger charge is -2.30. The molecule has 1 amide bonds. The number of amides is 1. The second-order valence-corrected chi connectivity index (χ2v) is 5.29. The fourth-order valence-electron chi connectivity index (χ4n) is 2.69. The van der Waals surface area contributed by atoms with Crippen LogP contribution in [0.2, 0.25) is 0 Å². The summed E-state index contributed by atoms with van der Waals surface area (Å²) >= 11 is 0. The van der Waals surface area contributed by atoms with Gasteiger partial charge in [0.15, 0.2) is 0 Å². The monoisotopic (exact) mass is 273 g/mol. The SMILES string of the molecule is CN(C(=O)c1cc2cc(N)ccc2[nH]1)C1CCOCC1. The van der Waals surface area contributed by atoms with Crippen LogP contribution in [0, 0.1) is 0 Å². The predicted molar refractivity (Wildman–Crippen MR) is 78.6 cm³/mol. The van der Waals surface area contributed by atoms with Crippen molar-refractivity contribution in [2.45, 2.75) is 18.9 Å². The van der Waals surface area contributed by atoms with E-state index in [0.29, 0.717) is 11.4 Å². The number of nitrogens with zero attached hydrogens (tertiary/aromatic N) is 1. The molecule has 2 aromatic rings. The molecule has 0 radical (unpaired) electrons. The van der Waals surface area contributed by atoms with E-state index in [1.807, 2.05) is 36.2 Å². The number of nitrogens with two attached hydrogens (primary N) is 1. The second kappa shape index (κ2) is 5.17. The molecular formula is C15H19N3O2. The molecule has 1 aliphatic heterocycles. The van der Waals surface area contributed by atoms with Crippen LogP contribution in [0.1, 0.15) is 23.3 Å². The largest absolute Gasteiger partial charge is 0.399 e. The van der Waals surface area contributed by atoms with Gasteiger partial charge in [0, 0.05) is 42.9 Å². The Bertz CT molecular complexity index is 629. The fourth-order valence-corrected chi connectivity index (χ4v) is 2.69. The number of anilines is 1. The number of rotatable bonds is 2. The topological polar surface area (TPSA) is 71.3 Å².